The molecule has 5 rings (SSSR count). The molecule has 0 unspecified atom stereocenters. The Balaban J connectivity index is 1.76. The Kier molecular flexibility index (Phi) is 7.29. The number of nitrogens with two attached hydrogens (primary N) is 1. The number of para-hydroxylation sites is 3. The Labute approximate surface area is 239 Å². The maximum Gasteiger partial charge on any atom is 0.0618 e. The second-order valence-electron chi connectivity index (χ2n) is 12.7. The fourth-order valence-electron chi connectivity index (χ4n) is 5.06. The van der Waals surface area contributed by atoms with Crippen LogP contribution in [0.1, 0.15) is 52.7 Å². The fourth-order valence-corrected chi connectivity index (χ4v) is 5.06. The third kappa shape index (κ3) is 5.82. The van der Waals surface area contributed by atoms with Gasteiger partial charge in [0.2, 0.25) is 0 Å². The molecule has 0 spiro atoms. The normalized spacial score (nSPS) is 11.8. The van der Waals surface area contributed by atoms with Gasteiger partial charge in [-0.05, 0) is 62.4 Å². The van der Waals surface area contributed by atoms with Crippen LogP contribution in [0.3, 0.4) is 0 Å². The van der Waals surface area contributed by atoms with Gasteiger partial charge in [0.1, 0.15) is 0 Å². The zero-order valence-electron chi connectivity index (χ0n) is 24.5. The topological polar surface area (TPSA) is 38.0 Å². The van der Waals surface area contributed by atoms with Crippen molar-refractivity contribution < 1.29 is 0 Å². The summed E-state index contributed by atoms with van der Waals surface area (Å²) in [7, 11) is 0. The van der Waals surface area contributed by atoms with Gasteiger partial charge < -0.3 is 11.1 Å². The first kappa shape index (κ1) is 27.3. The van der Waals surface area contributed by atoms with E-state index in [1.165, 1.54) is 27.8 Å². The standard InChI is InChI=1S/C38H40N2/c1-37(2,3)30-23-29(24-31(25-30)38(4,5)6)33-19-13-18-32(36(33)40-35-21-11-10-20-34(35)39)28-17-12-16-27(22-28)26-14-8-7-9-15-26/h7-25,40H,39H2,1-6H3. The lowest BCUT2D eigenvalue weighted by Crippen LogP contribution is -2.16. The van der Waals surface area contributed by atoms with Crippen LogP contribution in [0.2, 0.25) is 0 Å². The molecule has 0 atom stereocenters. The highest BCUT2D eigenvalue weighted by molar-refractivity contribution is 5.95. The maximum absolute atomic E-state index is 6.45. The van der Waals surface area contributed by atoms with E-state index in [1.54, 1.807) is 0 Å². The number of nitrogen functional groups attached to an aromatic ring is 1. The molecule has 2 heteroatoms. The monoisotopic (exact) mass is 524 g/mol. The number of benzene rings is 5. The van der Waals surface area contributed by atoms with Gasteiger partial charge >= 0.3 is 0 Å². The SMILES string of the molecule is CC(C)(C)c1cc(-c2cccc(-c3cccc(-c4ccccc4)c3)c2Nc2ccccc2N)cc(C(C)(C)C)c1. The quantitative estimate of drug-likeness (QED) is 0.224. The molecule has 3 N–H and O–H groups in total. The molecule has 0 radical (unpaired) electrons. The number of anilines is 3. The van der Waals surface area contributed by atoms with Crippen LogP contribution in [0.5, 0.6) is 0 Å². The van der Waals surface area contributed by atoms with E-state index >= 15 is 0 Å². The summed E-state index contributed by atoms with van der Waals surface area (Å²) in [5, 5.41) is 3.76. The third-order valence-corrected chi connectivity index (χ3v) is 7.54. The van der Waals surface area contributed by atoms with Gasteiger partial charge in [0.25, 0.3) is 0 Å². The highest BCUT2D eigenvalue weighted by Crippen LogP contribution is 2.43. The molecule has 0 aliphatic carbocycles. The molecule has 0 saturated heterocycles. The molecule has 0 fully saturated rings. The van der Waals surface area contributed by atoms with Gasteiger partial charge in [-0.3, -0.25) is 0 Å². The fraction of sp³-hybridized carbons (Fsp3) is 0.211. The Hall–Kier alpha value is -4.30. The van der Waals surface area contributed by atoms with Crippen LogP contribution in [-0.4, -0.2) is 0 Å². The summed E-state index contributed by atoms with van der Waals surface area (Å²) in [5.41, 5.74) is 18.9. The number of hydrogen-bond donors (Lipinski definition) is 2. The van der Waals surface area contributed by atoms with Gasteiger partial charge in [-0.25, -0.2) is 0 Å². The highest BCUT2D eigenvalue weighted by Gasteiger charge is 2.22. The lowest BCUT2D eigenvalue weighted by atomic mass is 9.78. The van der Waals surface area contributed by atoms with E-state index in [1.807, 2.05) is 24.3 Å². The Morgan fingerprint density at radius 2 is 1.00 bits per heavy atom. The van der Waals surface area contributed by atoms with Gasteiger partial charge in [0.05, 0.1) is 17.1 Å². The Bertz CT molecular complexity index is 1600. The molecule has 40 heavy (non-hydrogen) atoms. The number of hydrogen-bond acceptors (Lipinski definition) is 2. The van der Waals surface area contributed by atoms with Crippen molar-refractivity contribution in [2.75, 3.05) is 11.1 Å². The molecular formula is C38H40N2. The molecule has 0 aliphatic rings. The minimum atomic E-state index is 0.0229. The molecule has 0 saturated carbocycles. The van der Waals surface area contributed by atoms with Gasteiger partial charge in [-0.2, -0.15) is 0 Å². The van der Waals surface area contributed by atoms with Crippen LogP contribution >= 0.6 is 0 Å². The molecule has 0 aromatic heterocycles. The average molecular weight is 525 g/mol. The second-order valence-corrected chi connectivity index (χ2v) is 12.7. The molecule has 0 heterocycles. The van der Waals surface area contributed by atoms with Gasteiger partial charge in [-0.15, -0.1) is 0 Å². The minimum absolute atomic E-state index is 0.0229. The van der Waals surface area contributed by atoms with Crippen LogP contribution < -0.4 is 11.1 Å². The van der Waals surface area contributed by atoms with Gasteiger partial charge in [0, 0.05) is 11.1 Å². The lowest BCUT2D eigenvalue weighted by Gasteiger charge is -2.27. The summed E-state index contributed by atoms with van der Waals surface area (Å²) in [6.07, 6.45) is 0. The maximum atomic E-state index is 6.45. The summed E-state index contributed by atoms with van der Waals surface area (Å²) in [5.74, 6) is 0. The molecule has 5 aromatic rings. The van der Waals surface area contributed by atoms with Crippen LogP contribution in [0, 0.1) is 0 Å². The molecule has 0 amide bonds. The van der Waals surface area contributed by atoms with Crippen LogP contribution in [0.15, 0.2) is 115 Å². The smallest absolute Gasteiger partial charge is 0.0618 e. The Morgan fingerprint density at radius 1 is 0.475 bits per heavy atom. The molecule has 0 bridgehead atoms. The van der Waals surface area contributed by atoms with Crippen molar-refractivity contribution in [1.82, 2.24) is 0 Å². The first-order valence-corrected chi connectivity index (χ1v) is 14.1. The van der Waals surface area contributed by atoms with E-state index in [-0.39, 0.29) is 10.8 Å². The number of rotatable bonds is 5. The van der Waals surface area contributed by atoms with Crippen molar-refractivity contribution >= 4 is 17.1 Å². The van der Waals surface area contributed by atoms with Crippen molar-refractivity contribution in [3.8, 4) is 33.4 Å². The summed E-state index contributed by atoms with van der Waals surface area (Å²) in [4.78, 5) is 0. The highest BCUT2D eigenvalue weighted by atomic mass is 14.9. The van der Waals surface area contributed by atoms with Crippen molar-refractivity contribution in [2.24, 2.45) is 0 Å². The van der Waals surface area contributed by atoms with Gasteiger partial charge in [0.15, 0.2) is 0 Å². The van der Waals surface area contributed by atoms with Crippen molar-refractivity contribution in [3.05, 3.63) is 126 Å². The lowest BCUT2D eigenvalue weighted by molar-refractivity contribution is 0.569. The zero-order chi connectivity index (χ0) is 28.5. The van der Waals surface area contributed by atoms with Crippen LogP contribution in [0.4, 0.5) is 17.1 Å². The molecule has 0 aliphatic heterocycles. The van der Waals surface area contributed by atoms with E-state index < -0.39 is 0 Å². The predicted octanol–water partition coefficient (Wildman–Crippen LogP) is 10.6. The largest absolute Gasteiger partial charge is 0.397 e. The second kappa shape index (κ2) is 10.7. The summed E-state index contributed by atoms with van der Waals surface area (Å²) in [6.45, 7) is 13.7. The number of nitrogens with one attached hydrogen (secondary N) is 1. The van der Waals surface area contributed by atoms with Gasteiger partial charge in [-0.1, -0.05) is 139 Å². The summed E-state index contributed by atoms with van der Waals surface area (Å²) >= 11 is 0. The predicted molar refractivity (Wildman–Crippen MR) is 174 cm³/mol. The Morgan fingerprint density at radius 3 is 1.62 bits per heavy atom. The average Bonchev–Trinajstić information content (AvgIpc) is 2.94. The summed E-state index contributed by atoms with van der Waals surface area (Å²) in [6, 6.07) is 41.0. The van der Waals surface area contributed by atoms with E-state index in [2.05, 4.69) is 138 Å². The van der Waals surface area contributed by atoms with Crippen molar-refractivity contribution in [3.63, 3.8) is 0 Å². The van der Waals surface area contributed by atoms with E-state index in [0.29, 0.717) is 0 Å². The zero-order valence-corrected chi connectivity index (χ0v) is 24.5. The van der Waals surface area contributed by atoms with E-state index in [9.17, 15) is 0 Å². The molecule has 5 aromatic carbocycles. The molecule has 202 valence electrons. The molecule has 2 nitrogen and oxygen atoms in total. The molecular weight excluding hydrogens is 484 g/mol. The summed E-state index contributed by atoms with van der Waals surface area (Å²) < 4.78 is 0. The third-order valence-electron chi connectivity index (χ3n) is 7.54. The van der Waals surface area contributed by atoms with Crippen LogP contribution in [-0.2, 0) is 10.8 Å². The van der Waals surface area contributed by atoms with E-state index in [0.717, 1.165) is 33.8 Å². The van der Waals surface area contributed by atoms with E-state index in [4.69, 9.17) is 5.73 Å². The van der Waals surface area contributed by atoms with Crippen LogP contribution in [0.25, 0.3) is 33.4 Å². The van der Waals surface area contributed by atoms with Crippen molar-refractivity contribution in [1.29, 1.82) is 0 Å². The minimum Gasteiger partial charge on any atom is -0.397 e. The van der Waals surface area contributed by atoms with Crippen molar-refractivity contribution in [2.45, 2.75) is 52.4 Å². The first-order chi connectivity index (χ1) is 19.0. The first-order valence-electron chi connectivity index (χ1n) is 14.1.